The number of aromatic nitrogens is 2. The first kappa shape index (κ1) is 18.6. The third-order valence-corrected chi connectivity index (χ3v) is 6.94. The molecule has 3 aromatic rings. The van der Waals surface area contributed by atoms with E-state index in [4.69, 9.17) is 4.98 Å². The van der Waals surface area contributed by atoms with Gasteiger partial charge in [-0.3, -0.25) is 4.79 Å². The summed E-state index contributed by atoms with van der Waals surface area (Å²) in [6.07, 6.45) is 2.33. The van der Waals surface area contributed by atoms with Crippen LogP contribution in [-0.4, -0.2) is 42.7 Å². The quantitative estimate of drug-likeness (QED) is 0.557. The summed E-state index contributed by atoms with van der Waals surface area (Å²) in [4.78, 5) is 25.7. The van der Waals surface area contributed by atoms with E-state index in [0.717, 1.165) is 52.7 Å². The molecule has 1 aliphatic rings. The van der Waals surface area contributed by atoms with Crippen LogP contribution < -0.4 is 15.4 Å². The predicted octanol–water partition coefficient (Wildman–Crippen LogP) is 0.963. The van der Waals surface area contributed by atoms with E-state index in [1.807, 2.05) is 11.4 Å². The van der Waals surface area contributed by atoms with Gasteiger partial charge in [0.15, 0.2) is 5.82 Å². The molecular formula is C20H26N4OS2+2. The molecule has 0 aliphatic carbocycles. The molecule has 5 nitrogen and oxygen atoms in total. The lowest BCUT2D eigenvalue weighted by atomic mass is 10.2. The Bertz CT molecular complexity index is 991. The molecule has 0 bridgehead atoms. The number of hydrogen-bond acceptors (Lipinski definition) is 4. The normalized spacial score (nSPS) is 20.1. The highest BCUT2D eigenvalue weighted by Crippen LogP contribution is 2.33. The van der Waals surface area contributed by atoms with E-state index in [9.17, 15) is 4.79 Å². The Hall–Kier alpha value is -1.80. The number of allylic oxidation sites excluding steroid dienone is 1. The fourth-order valence-corrected chi connectivity index (χ4v) is 5.39. The summed E-state index contributed by atoms with van der Waals surface area (Å²) in [5.74, 6) is 0.815. The molecule has 1 aliphatic heterocycles. The first-order chi connectivity index (χ1) is 13.1. The molecule has 142 valence electrons. The Labute approximate surface area is 167 Å². The Kier molecular flexibility index (Phi) is 5.54. The van der Waals surface area contributed by atoms with Crippen molar-refractivity contribution in [2.45, 2.75) is 20.4 Å². The van der Waals surface area contributed by atoms with Crippen molar-refractivity contribution >= 4 is 32.9 Å². The minimum atomic E-state index is -0.00753. The maximum absolute atomic E-state index is 12.7. The molecule has 3 N–H and O–H groups in total. The van der Waals surface area contributed by atoms with Gasteiger partial charge in [0.1, 0.15) is 37.6 Å². The number of piperazine rings is 1. The zero-order valence-corrected chi connectivity index (χ0v) is 17.4. The van der Waals surface area contributed by atoms with Crippen molar-refractivity contribution in [2.24, 2.45) is 0 Å². The third-order valence-electron chi connectivity index (χ3n) is 5.16. The predicted molar refractivity (Wildman–Crippen MR) is 113 cm³/mol. The third kappa shape index (κ3) is 4.21. The van der Waals surface area contributed by atoms with Gasteiger partial charge in [-0.15, -0.1) is 22.7 Å². The van der Waals surface area contributed by atoms with Crippen LogP contribution in [0.5, 0.6) is 0 Å². The second kappa shape index (κ2) is 8.06. The molecule has 7 heteroatoms. The summed E-state index contributed by atoms with van der Waals surface area (Å²) in [6.45, 7) is 10.8. The van der Waals surface area contributed by atoms with Gasteiger partial charge < -0.3 is 14.8 Å². The maximum atomic E-state index is 12.7. The summed E-state index contributed by atoms with van der Waals surface area (Å²) in [7, 11) is 0. The average Bonchev–Trinajstić information content (AvgIpc) is 3.30. The fraction of sp³-hybridized carbons (Fsp3) is 0.400. The highest BCUT2D eigenvalue weighted by atomic mass is 32.1. The van der Waals surface area contributed by atoms with Gasteiger partial charge in [0.25, 0.3) is 5.56 Å². The first-order valence-corrected chi connectivity index (χ1v) is 11.2. The molecule has 27 heavy (non-hydrogen) atoms. The minimum Gasteiger partial charge on any atom is -0.322 e. The van der Waals surface area contributed by atoms with Crippen molar-refractivity contribution in [1.82, 2.24) is 9.97 Å². The van der Waals surface area contributed by atoms with Gasteiger partial charge >= 0.3 is 0 Å². The van der Waals surface area contributed by atoms with Gasteiger partial charge in [0, 0.05) is 15.8 Å². The van der Waals surface area contributed by atoms with E-state index < -0.39 is 0 Å². The molecule has 0 unspecified atom stereocenters. The van der Waals surface area contributed by atoms with Crippen molar-refractivity contribution < 1.29 is 9.80 Å². The van der Waals surface area contributed by atoms with Crippen molar-refractivity contribution in [3.8, 4) is 10.4 Å². The lowest BCUT2D eigenvalue weighted by Crippen LogP contribution is -3.27. The number of rotatable bonds is 5. The van der Waals surface area contributed by atoms with Crippen LogP contribution in [0, 0.1) is 0 Å². The molecule has 3 aromatic heterocycles. The topological polar surface area (TPSA) is 54.6 Å². The molecular weight excluding hydrogens is 376 g/mol. The Morgan fingerprint density at radius 1 is 1.22 bits per heavy atom. The van der Waals surface area contributed by atoms with Crippen molar-refractivity contribution in [3.63, 3.8) is 0 Å². The van der Waals surface area contributed by atoms with E-state index >= 15 is 0 Å². The summed E-state index contributed by atoms with van der Waals surface area (Å²) >= 11 is 3.23. The fourth-order valence-electron chi connectivity index (χ4n) is 3.61. The zero-order valence-electron chi connectivity index (χ0n) is 15.8. The molecule has 0 radical (unpaired) electrons. The van der Waals surface area contributed by atoms with E-state index in [0.29, 0.717) is 0 Å². The lowest BCUT2D eigenvalue weighted by molar-refractivity contribution is -1.02. The van der Waals surface area contributed by atoms with E-state index in [-0.39, 0.29) is 5.56 Å². The van der Waals surface area contributed by atoms with Gasteiger partial charge in [-0.05, 0) is 31.4 Å². The Balaban J connectivity index is 1.46. The number of H-pyrrole nitrogens is 1. The molecule has 1 saturated heterocycles. The van der Waals surface area contributed by atoms with Gasteiger partial charge in [-0.2, -0.15) is 0 Å². The summed E-state index contributed by atoms with van der Waals surface area (Å²) in [5.41, 5.74) is 2.39. The number of hydrogen-bond donors (Lipinski definition) is 3. The second-order valence-corrected chi connectivity index (χ2v) is 9.29. The van der Waals surface area contributed by atoms with Crippen molar-refractivity contribution in [3.05, 3.63) is 50.7 Å². The van der Waals surface area contributed by atoms with Crippen molar-refractivity contribution in [1.29, 1.82) is 0 Å². The van der Waals surface area contributed by atoms with Crippen LogP contribution in [0.2, 0.25) is 0 Å². The molecule has 0 saturated carbocycles. The standard InChI is InChI=1S/C20H24N4OS2/c1-14(2)5-6-23-7-9-24(10-8-23)12-17-21-19(25)18-15(13-27-20(18)22-17)16-4-3-11-26-16/h3-5,11,13H,6-10,12H2,1-2H3,(H,21,22,25)/p+2. The van der Waals surface area contributed by atoms with Gasteiger partial charge in [0.05, 0.1) is 11.9 Å². The molecule has 4 heterocycles. The average molecular weight is 403 g/mol. The molecule has 0 amide bonds. The second-order valence-electron chi connectivity index (χ2n) is 7.48. The number of nitrogens with one attached hydrogen (secondary N) is 3. The van der Waals surface area contributed by atoms with E-state index in [1.54, 1.807) is 27.6 Å². The zero-order chi connectivity index (χ0) is 18.8. The lowest BCUT2D eigenvalue weighted by Gasteiger charge is -2.28. The van der Waals surface area contributed by atoms with Gasteiger partial charge in [-0.1, -0.05) is 11.6 Å². The molecule has 0 aromatic carbocycles. The Morgan fingerprint density at radius 2 is 2.00 bits per heavy atom. The molecule has 1 fully saturated rings. The van der Waals surface area contributed by atoms with Crippen LogP contribution in [0.15, 0.2) is 39.3 Å². The SMILES string of the molecule is CC(C)=CC[NH+]1CC[NH+](Cc2nc3scc(-c4cccs4)c3c(=O)[nH]2)CC1. The summed E-state index contributed by atoms with van der Waals surface area (Å²) in [6, 6.07) is 4.07. The highest BCUT2D eigenvalue weighted by molar-refractivity contribution is 7.18. The summed E-state index contributed by atoms with van der Waals surface area (Å²) in [5, 5.41) is 4.83. The largest absolute Gasteiger partial charge is 0.322 e. The number of aromatic amines is 1. The van der Waals surface area contributed by atoms with Crippen LogP contribution in [0.25, 0.3) is 20.7 Å². The Morgan fingerprint density at radius 3 is 2.70 bits per heavy atom. The van der Waals surface area contributed by atoms with Gasteiger partial charge in [0.2, 0.25) is 0 Å². The maximum Gasteiger partial charge on any atom is 0.260 e. The molecule has 0 spiro atoms. The highest BCUT2D eigenvalue weighted by Gasteiger charge is 2.23. The smallest absolute Gasteiger partial charge is 0.260 e. The number of thiophene rings is 2. The van der Waals surface area contributed by atoms with Gasteiger partial charge in [-0.25, -0.2) is 4.98 Å². The number of quaternary nitrogens is 2. The van der Waals surface area contributed by atoms with Crippen LogP contribution in [0.1, 0.15) is 19.7 Å². The number of fused-ring (bicyclic) bond motifs is 1. The van der Waals surface area contributed by atoms with Crippen LogP contribution in [0.4, 0.5) is 0 Å². The monoisotopic (exact) mass is 402 g/mol. The minimum absolute atomic E-state index is 0.00753. The van der Waals surface area contributed by atoms with E-state index in [1.165, 1.54) is 23.6 Å². The van der Waals surface area contributed by atoms with Crippen LogP contribution >= 0.6 is 22.7 Å². The van der Waals surface area contributed by atoms with Crippen LogP contribution in [0.3, 0.4) is 0 Å². The van der Waals surface area contributed by atoms with E-state index in [2.05, 4.69) is 36.4 Å². The summed E-state index contributed by atoms with van der Waals surface area (Å²) < 4.78 is 0. The van der Waals surface area contributed by atoms with Crippen molar-refractivity contribution in [2.75, 3.05) is 32.7 Å². The molecule has 4 rings (SSSR count). The number of nitrogens with zero attached hydrogens (tertiary/aromatic N) is 1. The van der Waals surface area contributed by atoms with Crippen LogP contribution in [-0.2, 0) is 6.54 Å². The first-order valence-electron chi connectivity index (χ1n) is 9.45. The molecule has 0 atom stereocenters.